The van der Waals surface area contributed by atoms with Gasteiger partial charge in [-0.3, -0.25) is 8.22 Å². The first-order chi connectivity index (χ1) is 14.0. The van der Waals surface area contributed by atoms with Crippen LogP contribution in [0.1, 0.15) is 40.5 Å². The molecule has 3 atom stereocenters. The molecule has 0 spiro atoms. The van der Waals surface area contributed by atoms with Crippen LogP contribution in [0.25, 0.3) is 0 Å². The number of rotatable bonds is 7. The Morgan fingerprint density at radius 3 is 1.68 bits per heavy atom. The van der Waals surface area contributed by atoms with E-state index >= 15 is 8.22 Å². The van der Waals surface area contributed by atoms with Crippen LogP contribution in [-0.4, -0.2) is 50.1 Å². The second-order valence-corrected chi connectivity index (χ2v) is 32.6. The number of hydrogen-bond acceptors (Lipinski definition) is 3. The largest absolute Gasteiger partial charge is 0.339 e. The molecule has 31 heavy (non-hydrogen) atoms. The summed E-state index contributed by atoms with van der Waals surface area (Å²) in [4.78, 5) is 0. The van der Waals surface area contributed by atoms with Crippen molar-refractivity contribution in [2.45, 2.75) is 97.4 Å². The van der Waals surface area contributed by atoms with Crippen molar-refractivity contribution in [1.29, 1.82) is 0 Å². The summed E-state index contributed by atoms with van der Waals surface area (Å²) in [7, 11) is -14.1. The van der Waals surface area contributed by atoms with Crippen molar-refractivity contribution >= 4 is 47.5 Å². The van der Waals surface area contributed by atoms with Crippen LogP contribution in [0.3, 0.4) is 0 Å². The van der Waals surface area contributed by atoms with E-state index in [2.05, 4.69) is 79.4 Å². The van der Waals surface area contributed by atoms with E-state index in [-0.39, 0.29) is 11.1 Å². The third-order valence-electron chi connectivity index (χ3n) is 7.49. The molecule has 3 nitrogen and oxygen atoms in total. The van der Waals surface area contributed by atoms with Gasteiger partial charge in [-0.25, -0.2) is 0 Å². The topological polar surface area (TPSA) is 18.5 Å². The molecule has 0 radical (unpaired) electrons. The van der Waals surface area contributed by atoms with E-state index < -0.39 is 42.3 Å². The SMILES string of the molecule is CCC(C)[Si](F)(C(C)CC)N1[Si](C)(C)N[Si](C)(C)N([Si](C)(F)c2ccccc2)[Si]1(C)C. The van der Waals surface area contributed by atoms with E-state index in [1.54, 1.807) is 0 Å². The zero-order valence-electron chi connectivity index (χ0n) is 21.6. The summed E-state index contributed by atoms with van der Waals surface area (Å²) in [6.07, 6.45) is 1.67. The molecule has 0 amide bonds. The van der Waals surface area contributed by atoms with Crippen molar-refractivity contribution in [3.63, 3.8) is 0 Å². The van der Waals surface area contributed by atoms with Crippen LogP contribution in [0.4, 0.5) is 8.22 Å². The smallest absolute Gasteiger partial charge is 0.337 e. The number of nitrogens with one attached hydrogen (secondary N) is 1. The standard InChI is InChI=1S/C21H45F2N3Si5/c1-12-19(3)31(23,20(4)13-2)26-28(7,8)24-27(5,6)25(29(26,9)10)30(11,22)21-17-15-14-16-18-21/h14-20,24H,12-13H2,1-11H3. The van der Waals surface area contributed by atoms with Crippen LogP contribution >= 0.6 is 0 Å². The summed E-state index contributed by atoms with van der Waals surface area (Å²) in [5.41, 5.74) is 0.0496. The van der Waals surface area contributed by atoms with Crippen LogP contribution < -0.4 is 9.83 Å². The van der Waals surface area contributed by atoms with Gasteiger partial charge in [-0.15, -0.1) is 0 Å². The molecule has 1 N–H and O–H groups in total. The molecule has 178 valence electrons. The number of halogens is 2. The Balaban J connectivity index is 2.79. The highest BCUT2D eigenvalue weighted by molar-refractivity contribution is 7.17. The van der Waals surface area contributed by atoms with E-state index in [4.69, 9.17) is 0 Å². The van der Waals surface area contributed by atoms with Gasteiger partial charge in [-0.1, -0.05) is 70.9 Å². The molecule has 1 aromatic carbocycles. The fourth-order valence-corrected chi connectivity index (χ4v) is 51.6. The molecule has 1 aromatic rings. The monoisotopic (exact) mass is 517 g/mol. The van der Waals surface area contributed by atoms with Crippen LogP contribution in [0.15, 0.2) is 30.3 Å². The van der Waals surface area contributed by atoms with Gasteiger partial charge in [0.15, 0.2) is 25.2 Å². The molecule has 0 saturated carbocycles. The fourth-order valence-electron chi connectivity index (χ4n) is 6.59. The molecule has 1 aliphatic heterocycles. The Bertz CT molecular complexity index is 751. The molecule has 1 heterocycles. The van der Waals surface area contributed by atoms with Crippen LogP contribution in [0.5, 0.6) is 0 Å². The molecule has 1 aliphatic rings. The average molecular weight is 518 g/mol. The van der Waals surface area contributed by atoms with Crippen molar-refractivity contribution in [3.05, 3.63) is 30.3 Å². The van der Waals surface area contributed by atoms with Crippen molar-refractivity contribution in [1.82, 2.24) is 12.4 Å². The molecule has 1 saturated heterocycles. The van der Waals surface area contributed by atoms with Crippen LogP contribution in [-0.2, 0) is 0 Å². The Kier molecular flexibility index (Phi) is 7.93. The van der Waals surface area contributed by atoms with Crippen molar-refractivity contribution < 1.29 is 8.22 Å². The zero-order valence-corrected chi connectivity index (χ0v) is 26.6. The Hall–Kier alpha value is 0.0444. The number of benzene rings is 1. The lowest BCUT2D eigenvalue weighted by Gasteiger charge is -2.68. The van der Waals surface area contributed by atoms with Crippen LogP contribution in [0.2, 0.25) is 56.9 Å². The quantitative estimate of drug-likeness (QED) is 0.340. The lowest BCUT2D eigenvalue weighted by molar-refractivity contribution is 0.518. The molecule has 0 aromatic heterocycles. The first-order valence-corrected chi connectivity index (χ1v) is 24.9. The maximum atomic E-state index is 17.6. The summed E-state index contributed by atoms with van der Waals surface area (Å²) in [5.74, 6) is 0. The highest BCUT2D eigenvalue weighted by atomic mass is 28.6. The molecule has 3 unspecified atom stereocenters. The van der Waals surface area contributed by atoms with Gasteiger partial charge in [-0.05, 0) is 62.1 Å². The lowest BCUT2D eigenvalue weighted by Crippen LogP contribution is -2.96. The second kappa shape index (κ2) is 9.01. The van der Waals surface area contributed by atoms with Gasteiger partial charge in [0.05, 0.1) is 0 Å². The van der Waals surface area contributed by atoms with Gasteiger partial charge in [-0.2, -0.15) is 0 Å². The molecule has 0 aliphatic carbocycles. The molecule has 0 bridgehead atoms. The minimum absolute atomic E-state index is 0.0248. The highest BCUT2D eigenvalue weighted by Gasteiger charge is 2.69. The maximum Gasteiger partial charge on any atom is 0.339 e. The Labute approximate surface area is 195 Å². The molecule has 10 heteroatoms. The van der Waals surface area contributed by atoms with E-state index in [0.29, 0.717) is 0 Å². The summed E-state index contributed by atoms with van der Waals surface area (Å²) in [6, 6.07) is 9.69. The summed E-state index contributed by atoms with van der Waals surface area (Å²) >= 11 is 0. The molecule has 2 rings (SSSR count). The summed E-state index contributed by atoms with van der Waals surface area (Å²) in [5, 5.41) is 0.803. The minimum Gasteiger partial charge on any atom is -0.337 e. The maximum absolute atomic E-state index is 17.6. The molecular formula is C21H45F2N3Si5. The summed E-state index contributed by atoms with van der Waals surface area (Å²) in [6.45, 7) is 23.8. The third-order valence-corrected chi connectivity index (χ3v) is 41.2. The highest BCUT2D eigenvalue weighted by Crippen LogP contribution is 2.48. The predicted molar refractivity (Wildman–Crippen MR) is 144 cm³/mol. The van der Waals surface area contributed by atoms with Gasteiger partial charge in [0.2, 0.25) is 0 Å². The van der Waals surface area contributed by atoms with Crippen LogP contribution in [0, 0.1) is 0 Å². The van der Waals surface area contributed by atoms with Gasteiger partial charge in [0, 0.05) is 0 Å². The van der Waals surface area contributed by atoms with Gasteiger partial charge >= 0.3 is 17.1 Å². The minimum atomic E-state index is -3.49. The van der Waals surface area contributed by atoms with Gasteiger partial charge < -0.3 is 12.4 Å². The number of hydrogen-bond donors (Lipinski definition) is 1. The molecule has 1 fully saturated rings. The van der Waals surface area contributed by atoms with Crippen molar-refractivity contribution in [3.8, 4) is 0 Å². The van der Waals surface area contributed by atoms with E-state index in [1.165, 1.54) is 0 Å². The zero-order chi connectivity index (χ0) is 24.0. The third kappa shape index (κ3) is 4.55. The summed E-state index contributed by atoms with van der Waals surface area (Å²) < 4.78 is 43.4. The van der Waals surface area contributed by atoms with E-state index in [1.807, 2.05) is 36.9 Å². The lowest BCUT2D eigenvalue weighted by atomic mass is 10.4. The first-order valence-electron chi connectivity index (χ1n) is 11.8. The fraction of sp³-hybridized carbons (Fsp3) is 0.714. The van der Waals surface area contributed by atoms with Gasteiger partial charge in [0.1, 0.15) is 0 Å². The average Bonchev–Trinajstić information content (AvgIpc) is 2.63. The van der Waals surface area contributed by atoms with Gasteiger partial charge in [0.25, 0.3) is 0 Å². The Morgan fingerprint density at radius 2 is 1.26 bits per heavy atom. The number of nitrogens with zero attached hydrogens (tertiary/aromatic N) is 2. The second-order valence-electron chi connectivity index (χ2n) is 11.1. The van der Waals surface area contributed by atoms with E-state index in [0.717, 1.165) is 18.0 Å². The first kappa shape index (κ1) is 27.3. The van der Waals surface area contributed by atoms with Crippen molar-refractivity contribution in [2.24, 2.45) is 0 Å². The normalized spacial score (nSPS) is 27.1. The van der Waals surface area contributed by atoms with E-state index in [9.17, 15) is 0 Å². The Morgan fingerprint density at radius 1 is 0.839 bits per heavy atom. The van der Waals surface area contributed by atoms with Crippen molar-refractivity contribution in [2.75, 3.05) is 0 Å². The molecular weight excluding hydrogens is 473 g/mol. The predicted octanol–water partition coefficient (Wildman–Crippen LogP) is 6.26.